The summed E-state index contributed by atoms with van der Waals surface area (Å²) in [5, 5.41) is 41.0. The van der Waals surface area contributed by atoms with Gasteiger partial charge in [-0.05, 0) is 38.0 Å². The summed E-state index contributed by atoms with van der Waals surface area (Å²) in [7, 11) is 0. The summed E-state index contributed by atoms with van der Waals surface area (Å²) in [4.78, 5) is 109. The summed E-state index contributed by atoms with van der Waals surface area (Å²) in [6.07, 6.45) is 27.5. The molecule has 1 saturated carbocycles. The Balaban J connectivity index is -0.00000125. The van der Waals surface area contributed by atoms with Crippen molar-refractivity contribution in [1.29, 1.82) is 0 Å². The minimum absolute atomic E-state index is 0.0264. The second-order valence-electron chi connectivity index (χ2n) is 19.6. The molecule has 11 N–H and O–H groups in total. The highest BCUT2D eigenvalue weighted by Crippen LogP contribution is 2.28. The fourth-order valence-corrected chi connectivity index (χ4v) is 7.67. The molecule has 0 radical (unpaired) electrons. The molecule has 1 unspecified atom stereocenters. The molecule has 1 rings (SSSR count). The van der Waals surface area contributed by atoms with Gasteiger partial charge in [-0.2, -0.15) is 0 Å². The average molecular weight is 1150 g/mol. The minimum atomic E-state index is -1.07. The van der Waals surface area contributed by atoms with Crippen molar-refractivity contribution in [2.45, 2.75) is 188 Å². The standard InChI is InChI=1S/C25H45N5O11.C20H40O2.C10H17NO3.CH3NO/c1-3-20(31)28-8-10-38-12-15-41-18-23(34)29-9-11-39-13-14-40-17-22(33)27-7-6-26-21(32)4-5-30-25(37)19(2)16-24(35)36;1-2-3-4-5-6-7-8-9-10-11-12-13-14-15-16-17-18-19-20(21)22;1-7-2-4-8(5-3-7)10(14)11-6-9(12)13;2-1-3/h19H,3-18H2,1-2H3,(H,26,32)(H,27,33)(H,28,31)(H,29,34)(H,30,37)(H,35,36);2-19H2,1H3,(H,21,22);7-8H,2-6H2,1H3,(H,11,14)(H,12,13);1H,(H2,2,3). The SMILES string of the molecule is CC1CCC(C(=O)NCC(=O)O)CC1.CCC(=O)NCCOCCOCC(=O)NCCOCCOCC(=O)NCCNC(=O)CCNC(=O)C(C)CC(=O)O.CCCCCCCCCCCCCCCCCCCC(=O)O.NC=O. The fourth-order valence-electron chi connectivity index (χ4n) is 7.67. The Morgan fingerprint density at radius 3 is 1.32 bits per heavy atom. The second kappa shape index (κ2) is 59.7. The first kappa shape index (κ1) is 78.8. The molecule has 1 aliphatic rings. The van der Waals surface area contributed by atoms with Crippen LogP contribution in [0, 0.1) is 17.8 Å². The number of hydrogen-bond donors (Lipinski definition) is 10. The second-order valence-corrected chi connectivity index (χ2v) is 19.6. The van der Waals surface area contributed by atoms with Crippen LogP contribution in [0.4, 0.5) is 0 Å². The first-order valence-electron chi connectivity index (χ1n) is 29.2. The van der Waals surface area contributed by atoms with Gasteiger partial charge in [-0.3, -0.25) is 47.9 Å². The molecule has 0 saturated heterocycles. The van der Waals surface area contributed by atoms with E-state index in [0.717, 1.165) is 38.5 Å². The van der Waals surface area contributed by atoms with E-state index in [9.17, 15) is 43.2 Å². The summed E-state index contributed by atoms with van der Waals surface area (Å²) >= 11 is 0. The summed E-state index contributed by atoms with van der Waals surface area (Å²) in [5.41, 5.74) is 4.17. The monoisotopic (exact) mass is 1150 g/mol. The third-order valence-corrected chi connectivity index (χ3v) is 12.3. The van der Waals surface area contributed by atoms with Gasteiger partial charge in [0.2, 0.25) is 41.9 Å². The van der Waals surface area contributed by atoms with E-state index in [1.807, 2.05) is 0 Å². The molecule has 0 bridgehead atoms. The van der Waals surface area contributed by atoms with Gasteiger partial charge >= 0.3 is 17.9 Å². The maximum atomic E-state index is 11.7. The molecule has 80 heavy (non-hydrogen) atoms. The normalized spacial score (nSPS) is 13.7. The molecule has 1 fully saturated rings. The van der Waals surface area contributed by atoms with E-state index in [1.54, 1.807) is 6.92 Å². The van der Waals surface area contributed by atoms with E-state index >= 15 is 0 Å². The lowest BCUT2D eigenvalue weighted by atomic mass is 9.82. The van der Waals surface area contributed by atoms with E-state index in [4.69, 9.17) is 39.1 Å². The number of nitrogens with one attached hydrogen (secondary N) is 6. The number of ether oxygens (including phenoxy) is 4. The summed E-state index contributed by atoms with van der Waals surface area (Å²) in [6, 6.07) is 0. The number of amides is 7. The number of nitrogens with two attached hydrogens (primary N) is 1. The van der Waals surface area contributed by atoms with Crippen molar-refractivity contribution >= 4 is 59.8 Å². The first-order chi connectivity index (χ1) is 38.4. The van der Waals surface area contributed by atoms with Crippen LogP contribution in [0.1, 0.15) is 188 Å². The molecule has 1 aliphatic carbocycles. The van der Waals surface area contributed by atoms with Gasteiger partial charge in [0, 0.05) is 63.8 Å². The van der Waals surface area contributed by atoms with Crippen molar-refractivity contribution in [2.75, 3.05) is 92.1 Å². The lowest BCUT2D eigenvalue weighted by Gasteiger charge is -2.24. The van der Waals surface area contributed by atoms with Gasteiger partial charge in [0.15, 0.2) is 0 Å². The Kier molecular flexibility index (Phi) is 58.7. The number of primary amides is 1. The zero-order valence-corrected chi connectivity index (χ0v) is 49.0. The van der Waals surface area contributed by atoms with Crippen LogP contribution in [0.3, 0.4) is 0 Å². The van der Waals surface area contributed by atoms with Crippen LogP contribution in [0.25, 0.3) is 0 Å². The Bertz CT molecular complexity index is 1620. The molecular formula is C56H105N7O17. The van der Waals surface area contributed by atoms with Crippen LogP contribution in [-0.2, 0) is 66.9 Å². The zero-order chi connectivity index (χ0) is 60.3. The van der Waals surface area contributed by atoms with Gasteiger partial charge in [0.05, 0.1) is 46.1 Å². The quantitative estimate of drug-likeness (QED) is 0.0290. The van der Waals surface area contributed by atoms with Gasteiger partial charge in [0.25, 0.3) is 0 Å². The van der Waals surface area contributed by atoms with Crippen LogP contribution in [0.15, 0.2) is 0 Å². The third-order valence-electron chi connectivity index (χ3n) is 12.3. The molecule has 0 heterocycles. The van der Waals surface area contributed by atoms with Crippen molar-refractivity contribution in [2.24, 2.45) is 23.5 Å². The van der Waals surface area contributed by atoms with Crippen molar-refractivity contribution < 1.29 is 82.2 Å². The number of rotatable bonds is 47. The predicted molar refractivity (Wildman–Crippen MR) is 303 cm³/mol. The number of aliphatic carboxylic acids is 3. The van der Waals surface area contributed by atoms with E-state index in [1.165, 1.54) is 103 Å². The van der Waals surface area contributed by atoms with Gasteiger partial charge in [-0.15, -0.1) is 0 Å². The summed E-state index contributed by atoms with van der Waals surface area (Å²) in [6.45, 7) is 9.99. The molecule has 0 spiro atoms. The Morgan fingerprint density at radius 1 is 0.487 bits per heavy atom. The molecule has 7 amide bonds. The maximum absolute atomic E-state index is 11.7. The minimum Gasteiger partial charge on any atom is -0.481 e. The van der Waals surface area contributed by atoms with E-state index in [0.29, 0.717) is 38.5 Å². The van der Waals surface area contributed by atoms with E-state index < -0.39 is 29.7 Å². The molecule has 0 aromatic heterocycles. The van der Waals surface area contributed by atoms with Crippen molar-refractivity contribution in [3.8, 4) is 0 Å². The van der Waals surface area contributed by atoms with Crippen LogP contribution < -0.4 is 37.6 Å². The molecule has 0 aliphatic heterocycles. The summed E-state index contributed by atoms with van der Waals surface area (Å²) in [5.74, 6) is -4.19. The Labute approximate surface area is 476 Å². The van der Waals surface area contributed by atoms with E-state index in [-0.39, 0.29) is 127 Å². The highest BCUT2D eigenvalue weighted by Gasteiger charge is 2.24. The van der Waals surface area contributed by atoms with Crippen molar-refractivity contribution in [3.05, 3.63) is 0 Å². The highest BCUT2D eigenvalue weighted by atomic mass is 16.5. The lowest BCUT2D eigenvalue weighted by Crippen LogP contribution is -2.38. The molecule has 24 heteroatoms. The van der Waals surface area contributed by atoms with Crippen LogP contribution in [-0.4, -0.2) is 167 Å². The Morgan fingerprint density at radius 2 is 0.900 bits per heavy atom. The molecule has 0 aromatic carbocycles. The number of hydrogen-bond acceptors (Lipinski definition) is 14. The smallest absolute Gasteiger partial charge is 0.322 e. The van der Waals surface area contributed by atoms with Gasteiger partial charge < -0.3 is 71.9 Å². The fraction of sp³-hybridized carbons (Fsp3) is 0.821. The zero-order valence-electron chi connectivity index (χ0n) is 49.0. The van der Waals surface area contributed by atoms with Crippen LogP contribution >= 0.6 is 0 Å². The molecule has 0 aromatic rings. The van der Waals surface area contributed by atoms with Crippen LogP contribution in [0.5, 0.6) is 0 Å². The number of carboxylic acid groups (broad SMARTS) is 3. The summed E-state index contributed by atoms with van der Waals surface area (Å²) < 4.78 is 21.0. The molecule has 466 valence electrons. The topological polar surface area (TPSA) is 367 Å². The van der Waals surface area contributed by atoms with Crippen LogP contribution in [0.2, 0.25) is 0 Å². The molecular weight excluding hydrogens is 1040 g/mol. The Hall–Kier alpha value is -5.46. The van der Waals surface area contributed by atoms with E-state index in [2.05, 4.69) is 51.5 Å². The number of carboxylic acids is 3. The van der Waals surface area contributed by atoms with Gasteiger partial charge in [-0.25, -0.2) is 0 Å². The van der Waals surface area contributed by atoms with Crippen molar-refractivity contribution in [3.63, 3.8) is 0 Å². The lowest BCUT2D eigenvalue weighted by molar-refractivity contribution is -0.141. The predicted octanol–water partition coefficient (Wildman–Crippen LogP) is 4.77. The number of unbranched alkanes of at least 4 members (excludes halogenated alkanes) is 16. The van der Waals surface area contributed by atoms with Crippen molar-refractivity contribution in [1.82, 2.24) is 31.9 Å². The van der Waals surface area contributed by atoms with Gasteiger partial charge in [-0.1, -0.05) is 130 Å². The molecule has 24 nitrogen and oxygen atoms in total. The number of carbonyl (C=O) groups excluding carboxylic acids is 7. The maximum Gasteiger partial charge on any atom is 0.322 e. The molecule has 1 atom stereocenters. The highest BCUT2D eigenvalue weighted by molar-refractivity contribution is 5.84. The average Bonchev–Trinajstić information content (AvgIpc) is 3.41. The first-order valence-corrected chi connectivity index (χ1v) is 29.2. The third kappa shape index (κ3) is 61.7. The van der Waals surface area contributed by atoms with Gasteiger partial charge in [0.1, 0.15) is 19.8 Å². The largest absolute Gasteiger partial charge is 0.481 e. The number of carbonyl (C=O) groups is 10.